The molecule has 4 heteroatoms. The van der Waals surface area contributed by atoms with Crippen molar-refractivity contribution in [3.8, 4) is 0 Å². The van der Waals surface area contributed by atoms with Gasteiger partial charge >= 0.3 is 0 Å². The van der Waals surface area contributed by atoms with Crippen molar-refractivity contribution in [3.63, 3.8) is 0 Å². The second-order valence-corrected chi connectivity index (χ2v) is 4.91. The maximum Gasteiger partial charge on any atom is 0.174 e. The number of aryl methyl sites for hydroxylation is 1. The van der Waals surface area contributed by atoms with E-state index in [0.29, 0.717) is 5.92 Å². The molecule has 1 aliphatic carbocycles. The van der Waals surface area contributed by atoms with Crippen LogP contribution in [-0.2, 0) is 0 Å². The summed E-state index contributed by atoms with van der Waals surface area (Å²) in [5.41, 5.74) is 1.85. The summed E-state index contributed by atoms with van der Waals surface area (Å²) in [7, 11) is 0. The molecule has 2 aromatic heterocycles. The van der Waals surface area contributed by atoms with Crippen LogP contribution in [0.2, 0.25) is 5.02 Å². The van der Waals surface area contributed by atoms with Gasteiger partial charge in [-0.15, -0.1) is 0 Å². The molecule has 0 N–H and O–H groups in total. The minimum atomic E-state index is 0.538. The van der Waals surface area contributed by atoms with Gasteiger partial charge in [0.25, 0.3) is 0 Å². The fraction of sp³-hybridized carbons (Fsp3) is 0.500. The van der Waals surface area contributed by atoms with E-state index in [9.17, 15) is 0 Å². The summed E-state index contributed by atoms with van der Waals surface area (Å²) < 4.78 is 1.79. The molecule has 0 radical (unpaired) electrons. The van der Waals surface area contributed by atoms with Crippen LogP contribution in [0.4, 0.5) is 0 Å². The molecule has 2 heterocycles. The zero-order chi connectivity index (χ0) is 11.1. The van der Waals surface area contributed by atoms with Crippen LogP contribution in [0.5, 0.6) is 0 Å². The molecule has 0 aliphatic heterocycles. The Morgan fingerprint density at radius 3 is 2.88 bits per heavy atom. The zero-order valence-electron chi connectivity index (χ0n) is 9.28. The first-order chi connectivity index (χ1) is 7.75. The third-order valence-corrected chi connectivity index (χ3v) is 3.84. The topological polar surface area (TPSA) is 30.2 Å². The average molecular weight is 236 g/mol. The fourth-order valence-electron chi connectivity index (χ4n) is 2.38. The van der Waals surface area contributed by atoms with E-state index in [1.54, 1.807) is 4.52 Å². The van der Waals surface area contributed by atoms with Crippen molar-refractivity contribution < 1.29 is 0 Å². The van der Waals surface area contributed by atoms with Gasteiger partial charge in [-0.2, -0.15) is 5.10 Å². The Morgan fingerprint density at radius 1 is 1.38 bits per heavy atom. The molecular weight excluding hydrogens is 222 g/mol. The molecule has 1 fully saturated rings. The zero-order valence-corrected chi connectivity index (χ0v) is 10.0. The summed E-state index contributed by atoms with van der Waals surface area (Å²) in [6, 6.07) is 1.97. The highest BCUT2D eigenvalue weighted by Gasteiger charge is 2.22. The van der Waals surface area contributed by atoms with Gasteiger partial charge in [-0.1, -0.05) is 24.4 Å². The lowest BCUT2D eigenvalue weighted by Crippen LogP contribution is -1.95. The van der Waals surface area contributed by atoms with Gasteiger partial charge < -0.3 is 0 Å². The molecule has 1 aliphatic rings. The molecule has 3 rings (SSSR count). The van der Waals surface area contributed by atoms with Gasteiger partial charge in [0.05, 0.1) is 5.02 Å². The van der Waals surface area contributed by atoms with Crippen molar-refractivity contribution in [2.75, 3.05) is 0 Å². The first kappa shape index (κ1) is 10.1. The molecular formula is C12H14ClN3. The van der Waals surface area contributed by atoms with Crippen LogP contribution in [0, 0.1) is 6.92 Å². The summed E-state index contributed by atoms with van der Waals surface area (Å²) in [6.07, 6.45) is 6.96. The smallest absolute Gasteiger partial charge is 0.174 e. The van der Waals surface area contributed by atoms with E-state index in [0.717, 1.165) is 22.1 Å². The number of aromatic nitrogens is 3. The van der Waals surface area contributed by atoms with Gasteiger partial charge in [0.2, 0.25) is 0 Å². The molecule has 0 saturated heterocycles. The normalized spacial score (nSPS) is 17.4. The highest BCUT2D eigenvalue weighted by atomic mass is 35.5. The fourth-order valence-corrected chi connectivity index (χ4v) is 2.57. The Kier molecular flexibility index (Phi) is 2.36. The van der Waals surface area contributed by atoms with Crippen molar-refractivity contribution in [2.24, 2.45) is 0 Å². The van der Waals surface area contributed by atoms with E-state index in [4.69, 9.17) is 11.6 Å². The third kappa shape index (κ3) is 1.50. The SMILES string of the molecule is Cc1ccn2nc(C3CCCC3)nc2c1Cl. The third-order valence-electron chi connectivity index (χ3n) is 3.38. The van der Waals surface area contributed by atoms with Gasteiger partial charge in [0.1, 0.15) is 0 Å². The van der Waals surface area contributed by atoms with Crippen LogP contribution < -0.4 is 0 Å². The van der Waals surface area contributed by atoms with Crippen molar-refractivity contribution in [1.29, 1.82) is 0 Å². The van der Waals surface area contributed by atoms with Gasteiger partial charge in [0.15, 0.2) is 11.5 Å². The van der Waals surface area contributed by atoms with Crippen LogP contribution >= 0.6 is 11.6 Å². The van der Waals surface area contributed by atoms with Crippen molar-refractivity contribution >= 4 is 17.2 Å². The standard InChI is InChI=1S/C12H14ClN3/c1-8-6-7-16-12(10(8)13)14-11(15-16)9-4-2-3-5-9/h6-7,9H,2-5H2,1H3. The van der Waals surface area contributed by atoms with Gasteiger partial charge in [0, 0.05) is 12.1 Å². The molecule has 16 heavy (non-hydrogen) atoms. The predicted octanol–water partition coefficient (Wildman–Crippen LogP) is 3.35. The lowest BCUT2D eigenvalue weighted by atomic mass is 10.1. The van der Waals surface area contributed by atoms with E-state index in [1.807, 2.05) is 19.2 Å². The summed E-state index contributed by atoms with van der Waals surface area (Å²) >= 11 is 6.22. The molecule has 84 valence electrons. The van der Waals surface area contributed by atoms with Crippen LogP contribution in [-0.4, -0.2) is 14.6 Å². The number of rotatable bonds is 1. The van der Waals surface area contributed by atoms with Crippen molar-refractivity contribution in [2.45, 2.75) is 38.5 Å². The Morgan fingerprint density at radius 2 is 2.12 bits per heavy atom. The van der Waals surface area contributed by atoms with E-state index in [1.165, 1.54) is 25.7 Å². The van der Waals surface area contributed by atoms with Gasteiger partial charge in [-0.3, -0.25) is 0 Å². The number of halogens is 1. The average Bonchev–Trinajstić information content (AvgIpc) is 2.91. The number of nitrogens with zero attached hydrogens (tertiary/aromatic N) is 3. The van der Waals surface area contributed by atoms with Crippen LogP contribution in [0.15, 0.2) is 12.3 Å². The minimum absolute atomic E-state index is 0.538. The second-order valence-electron chi connectivity index (χ2n) is 4.53. The highest BCUT2D eigenvalue weighted by Crippen LogP contribution is 2.33. The van der Waals surface area contributed by atoms with Crippen LogP contribution in [0.3, 0.4) is 0 Å². The highest BCUT2D eigenvalue weighted by molar-refractivity contribution is 6.34. The molecule has 3 nitrogen and oxygen atoms in total. The van der Waals surface area contributed by atoms with Gasteiger partial charge in [-0.25, -0.2) is 9.50 Å². The molecule has 2 aromatic rings. The molecule has 1 saturated carbocycles. The molecule has 0 bridgehead atoms. The molecule has 0 amide bonds. The molecule has 0 atom stereocenters. The van der Waals surface area contributed by atoms with E-state index in [-0.39, 0.29) is 0 Å². The Balaban J connectivity index is 2.11. The molecule has 0 spiro atoms. The Hall–Kier alpha value is -1.09. The first-order valence-electron chi connectivity index (χ1n) is 5.77. The monoisotopic (exact) mass is 235 g/mol. The van der Waals surface area contributed by atoms with E-state index in [2.05, 4.69) is 10.1 Å². The van der Waals surface area contributed by atoms with E-state index < -0.39 is 0 Å². The molecule has 0 aromatic carbocycles. The number of hydrogen-bond acceptors (Lipinski definition) is 2. The van der Waals surface area contributed by atoms with Crippen LogP contribution in [0.1, 0.15) is 43.0 Å². The summed E-state index contributed by atoms with van der Waals surface area (Å²) in [4.78, 5) is 4.58. The van der Waals surface area contributed by atoms with Crippen molar-refractivity contribution in [1.82, 2.24) is 14.6 Å². The Bertz CT molecular complexity index is 526. The Labute approximate surface area is 99.4 Å². The largest absolute Gasteiger partial charge is 0.219 e. The first-order valence-corrected chi connectivity index (χ1v) is 6.15. The predicted molar refractivity (Wildman–Crippen MR) is 63.9 cm³/mol. The van der Waals surface area contributed by atoms with Gasteiger partial charge in [-0.05, 0) is 31.4 Å². The lowest BCUT2D eigenvalue weighted by molar-refractivity contribution is 0.666. The van der Waals surface area contributed by atoms with Crippen molar-refractivity contribution in [3.05, 3.63) is 28.7 Å². The lowest BCUT2D eigenvalue weighted by Gasteiger charge is -2.00. The van der Waals surface area contributed by atoms with Crippen LogP contribution in [0.25, 0.3) is 5.65 Å². The summed E-state index contributed by atoms with van der Waals surface area (Å²) in [5.74, 6) is 1.50. The summed E-state index contributed by atoms with van der Waals surface area (Å²) in [6.45, 7) is 1.99. The quantitative estimate of drug-likeness (QED) is 0.759. The second kappa shape index (κ2) is 3.74. The maximum atomic E-state index is 6.22. The maximum absolute atomic E-state index is 6.22. The minimum Gasteiger partial charge on any atom is -0.219 e. The number of hydrogen-bond donors (Lipinski definition) is 0. The number of pyridine rings is 1. The summed E-state index contributed by atoms with van der Waals surface area (Å²) in [5, 5.41) is 5.24. The number of fused-ring (bicyclic) bond motifs is 1. The van der Waals surface area contributed by atoms with E-state index >= 15 is 0 Å². The molecule has 0 unspecified atom stereocenters.